The van der Waals surface area contributed by atoms with Crippen LogP contribution < -0.4 is 9.47 Å². The maximum absolute atomic E-state index is 5.45. The Hall–Kier alpha value is -1.79. The van der Waals surface area contributed by atoms with Crippen molar-refractivity contribution in [1.29, 1.82) is 0 Å². The van der Waals surface area contributed by atoms with Crippen LogP contribution in [0.2, 0.25) is 0 Å². The summed E-state index contributed by atoms with van der Waals surface area (Å²) in [5.41, 5.74) is 3.95. The van der Waals surface area contributed by atoms with Gasteiger partial charge in [-0.1, -0.05) is 39.8 Å². The topological polar surface area (TPSA) is 44.2 Å². The van der Waals surface area contributed by atoms with E-state index in [4.69, 9.17) is 14.5 Å². The second-order valence-electron chi connectivity index (χ2n) is 5.19. The Balaban J connectivity index is 1.61. The summed E-state index contributed by atoms with van der Waals surface area (Å²) in [6.45, 7) is 2.28. The van der Waals surface area contributed by atoms with Gasteiger partial charge < -0.3 is 9.47 Å². The number of ether oxygens (including phenoxy) is 2. The van der Waals surface area contributed by atoms with Crippen molar-refractivity contribution < 1.29 is 9.47 Å². The Labute approximate surface area is 146 Å². The number of hydrogen-bond acceptors (Lipinski definition) is 5. The first-order valence-corrected chi connectivity index (χ1v) is 8.93. The van der Waals surface area contributed by atoms with E-state index in [0.29, 0.717) is 0 Å². The minimum absolute atomic E-state index is 0.285. The fraction of sp³-hybridized carbons (Fsp3) is 0.176. The lowest BCUT2D eigenvalue weighted by atomic mass is 10.2. The summed E-state index contributed by atoms with van der Waals surface area (Å²) in [4.78, 5) is 9.35. The second-order valence-corrected chi connectivity index (χ2v) is 7.01. The highest BCUT2D eigenvalue weighted by Gasteiger charge is 2.17. The van der Waals surface area contributed by atoms with Crippen molar-refractivity contribution in [3.63, 3.8) is 0 Å². The molecule has 0 saturated carbocycles. The van der Waals surface area contributed by atoms with Crippen molar-refractivity contribution in [3.05, 3.63) is 52.1 Å². The summed E-state index contributed by atoms with van der Waals surface area (Å²) in [6.07, 6.45) is 0. The highest BCUT2D eigenvalue weighted by atomic mass is 79.9. The van der Waals surface area contributed by atoms with E-state index in [1.807, 2.05) is 43.3 Å². The van der Waals surface area contributed by atoms with E-state index < -0.39 is 0 Å². The summed E-state index contributed by atoms with van der Waals surface area (Å²) in [7, 11) is 0. The van der Waals surface area contributed by atoms with Gasteiger partial charge in [0, 0.05) is 10.2 Å². The van der Waals surface area contributed by atoms with E-state index in [1.165, 1.54) is 0 Å². The minimum atomic E-state index is 0.285. The Bertz CT molecular complexity index is 901. The quantitative estimate of drug-likeness (QED) is 0.607. The number of aryl methyl sites for hydroxylation is 1. The molecule has 2 heterocycles. The normalized spacial score (nSPS) is 12.8. The summed E-state index contributed by atoms with van der Waals surface area (Å²) in [5.74, 6) is 2.36. The predicted molar refractivity (Wildman–Crippen MR) is 94.1 cm³/mol. The summed E-state index contributed by atoms with van der Waals surface area (Å²) < 4.78 is 11.8. The van der Waals surface area contributed by atoms with Crippen LogP contribution in [-0.4, -0.2) is 16.8 Å². The molecule has 0 amide bonds. The van der Waals surface area contributed by atoms with Crippen molar-refractivity contribution in [3.8, 4) is 11.5 Å². The number of fused-ring (bicyclic) bond motifs is 2. The fourth-order valence-electron chi connectivity index (χ4n) is 2.42. The third-order valence-corrected chi connectivity index (χ3v) is 5.46. The van der Waals surface area contributed by atoms with Gasteiger partial charge in [0.1, 0.15) is 5.03 Å². The molecule has 0 radical (unpaired) electrons. The van der Waals surface area contributed by atoms with Crippen LogP contribution >= 0.6 is 27.7 Å². The summed E-state index contributed by atoms with van der Waals surface area (Å²) in [6, 6.07) is 11.9. The Morgan fingerprint density at radius 1 is 1.09 bits per heavy atom. The number of aromatic nitrogens is 2. The Kier molecular flexibility index (Phi) is 3.87. The van der Waals surface area contributed by atoms with Crippen LogP contribution in [0.3, 0.4) is 0 Å². The minimum Gasteiger partial charge on any atom is -0.454 e. The summed E-state index contributed by atoms with van der Waals surface area (Å²) in [5, 5.41) is 0.952. The molecule has 0 fully saturated rings. The van der Waals surface area contributed by atoms with Crippen molar-refractivity contribution in [2.24, 2.45) is 0 Å². The summed E-state index contributed by atoms with van der Waals surface area (Å²) >= 11 is 5.27. The zero-order valence-electron chi connectivity index (χ0n) is 12.4. The molecular weight excluding hydrogens is 376 g/mol. The van der Waals surface area contributed by atoms with Gasteiger partial charge in [0.25, 0.3) is 0 Å². The second kappa shape index (κ2) is 6.02. The number of hydrogen-bond donors (Lipinski definition) is 0. The third-order valence-electron chi connectivity index (χ3n) is 3.61. The fourth-order valence-corrected chi connectivity index (χ4v) is 4.02. The van der Waals surface area contributed by atoms with Crippen LogP contribution in [0.5, 0.6) is 11.5 Å². The van der Waals surface area contributed by atoms with Gasteiger partial charge >= 0.3 is 0 Å². The van der Waals surface area contributed by atoms with Gasteiger partial charge in [-0.25, -0.2) is 9.97 Å². The zero-order chi connectivity index (χ0) is 15.8. The molecule has 0 atom stereocenters. The van der Waals surface area contributed by atoms with E-state index in [0.717, 1.165) is 49.0 Å². The average molecular weight is 389 g/mol. The van der Waals surface area contributed by atoms with Crippen LogP contribution in [0.15, 0.2) is 45.9 Å². The molecule has 4 nitrogen and oxygen atoms in total. The molecular formula is C17H13BrN2O2S. The maximum Gasteiger partial charge on any atom is 0.231 e. The standard InChI is InChI=1S/C17H13BrN2O2S/c1-10-17(20-14-5-3-2-4-13(14)19-10)23-8-11-6-15-16(7-12(11)18)22-9-21-15/h2-7H,8-9H2,1H3. The van der Waals surface area contributed by atoms with Crippen LogP contribution in [0.1, 0.15) is 11.3 Å². The molecule has 6 heteroatoms. The first kappa shape index (κ1) is 14.8. The Morgan fingerprint density at radius 2 is 1.78 bits per heavy atom. The van der Waals surface area contributed by atoms with Gasteiger partial charge in [-0.15, -0.1) is 0 Å². The van der Waals surface area contributed by atoms with Crippen molar-refractivity contribution >= 4 is 38.7 Å². The first-order valence-electron chi connectivity index (χ1n) is 7.15. The van der Waals surface area contributed by atoms with Gasteiger partial charge in [-0.3, -0.25) is 0 Å². The molecule has 0 aliphatic carbocycles. The van der Waals surface area contributed by atoms with E-state index in [9.17, 15) is 0 Å². The SMILES string of the molecule is Cc1nc2ccccc2nc1SCc1cc2c(cc1Br)OCO2. The van der Waals surface area contributed by atoms with E-state index in [-0.39, 0.29) is 6.79 Å². The number of benzene rings is 2. The predicted octanol–water partition coefficient (Wildman–Crippen LogP) is 4.72. The van der Waals surface area contributed by atoms with Crippen LogP contribution in [0.4, 0.5) is 0 Å². The van der Waals surface area contributed by atoms with Gasteiger partial charge in [0.05, 0.1) is 16.7 Å². The lowest BCUT2D eigenvalue weighted by Crippen LogP contribution is -1.94. The van der Waals surface area contributed by atoms with Gasteiger partial charge in [-0.2, -0.15) is 0 Å². The number of nitrogens with zero attached hydrogens (tertiary/aromatic N) is 2. The highest BCUT2D eigenvalue weighted by Crippen LogP contribution is 2.39. The van der Waals surface area contributed by atoms with Crippen molar-refractivity contribution in [2.45, 2.75) is 17.7 Å². The molecule has 0 spiro atoms. The largest absolute Gasteiger partial charge is 0.454 e. The zero-order valence-corrected chi connectivity index (χ0v) is 14.8. The first-order chi connectivity index (χ1) is 11.2. The number of halogens is 1. The molecule has 1 aromatic heterocycles. The molecule has 23 heavy (non-hydrogen) atoms. The van der Waals surface area contributed by atoms with Crippen LogP contribution in [0, 0.1) is 6.92 Å². The molecule has 0 bridgehead atoms. The van der Waals surface area contributed by atoms with Crippen molar-refractivity contribution in [1.82, 2.24) is 9.97 Å². The smallest absolute Gasteiger partial charge is 0.231 e. The highest BCUT2D eigenvalue weighted by molar-refractivity contribution is 9.10. The van der Waals surface area contributed by atoms with Crippen LogP contribution in [0.25, 0.3) is 11.0 Å². The van der Waals surface area contributed by atoms with Crippen LogP contribution in [-0.2, 0) is 5.75 Å². The molecule has 1 aliphatic rings. The molecule has 116 valence electrons. The number of rotatable bonds is 3. The van der Waals surface area contributed by atoms with Gasteiger partial charge in [0.2, 0.25) is 6.79 Å². The van der Waals surface area contributed by atoms with Gasteiger partial charge in [0.15, 0.2) is 11.5 Å². The van der Waals surface area contributed by atoms with E-state index in [1.54, 1.807) is 11.8 Å². The molecule has 2 aromatic carbocycles. The molecule has 4 rings (SSSR count). The average Bonchev–Trinajstić information content (AvgIpc) is 2.99. The Morgan fingerprint density at radius 3 is 2.57 bits per heavy atom. The number of para-hydroxylation sites is 2. The van der Waals surface area contributed by atoms with E-state index >= 15 is 0 Å². The molecule has 0 unspecified atom stereocenters. The lowest BCUT2D eigenvalue weighted by molar-refractivity contribution is 0.174. The lowest BCUT2D eigenvalue weighted by Gasteiger charge is -2.08. The molecule has 0 N–H and O–H groups in total. The number of thioether (sulfide) groups is 1. The molecule has 1 aliphatic heterocycles. The maximum atomic E-state index is 5.45. The third kappa shape index (κ3) is 2.88. The molecule has 3 aromatic rings. The van der Waals surface area contributed by atoms with Gasteiger partial charge in [-0.05, 0) is 36.8 Å². The van der Waals surface area contributed by atoms with E-state index in [2.05, 4.69) is 20.9 Å². The molecule has 0 saturated heterocycles. The van der Waals surface area contributed by atoms with Crippen molar-refractivity contribution in [2.75, 3.05) is 6.79 Å². The monoisotopic (exact) mass is 388 g/mol.